The van der Waals surface area contributed by atoms with E-state index in [4.69, 9.17) is 4.74 Å². The number of halogens is 1. The average molecular weight is 343 g/mol. The Morgan fingerprint density at radius 3 is 2.28 bits per heavy atom. The maximum absolute atomic E-state index is 13.1. The summed E-state index contributed by atoms with van der Waals surface area (Å²) in [7, 11) is 0. The summed E-state index contributed by atoms with van der Waals surface area (Å²) >= 11 is 0. The molecule has 0 N–H and O–H groups in total. The van der Waals surface area contributed by atoms with E-state index >= 15 is 0 Å². The lowest BCUT2D eigenvalue weighted by Crippen LogP contribution is -2.33. The number of hydrogen-bond acceptors (Lipinski definition) is 3. The van der Waals surface area contributed by atoms with Crippen LogP contribution in [0, 0.1) is 12.7 Å². The molecule has 2 rings (SSSR count). The van der Waals surface area contributed by atoms with Crippen molar-refractivity contribution in [1.29, 1.82) is 0 Å². The zero-order valence-electron chi connectivity index (χ0n) is 14.5. The molecule has 0 saturated carbocycles. The van der Waals surface area contributed by atoms with Crippen molar-refractivity contribution >= 4 is 11.9 Å². The van der Waals surface area contributed by atoms with Crippen molar-refractivity contribution in [2.45, 2.75) is 26.8 Å². The number of ether oxygens (including phenoxy) is 1. The second kappa shape index (κ2) is 8.97. The Labute approximate surface area is 147 Å². The van der Waals surface area contributed by atoms with Crippen LogP contribution >= 0.6 is 0 Å². The van der Waals surface area contributed by atoms with E-state index in [1.54, 1.807) is 36.1 Å². The molecular formula is C20H22FNO3. The molecule has 0 aliphatic rings. The van der Waals surface area contributed by atoms with Gasteiger partial charge in [0.1, 0.15) is 5.82 Å². The lowest BCUT2D eigenvalue weighted by molar-refractivity contribution is -0.143. The van der Waals surface area contributed by atoms with Gasteiger partial charge in [0, 0.05) is 18.7 Å². The second-order valence-corrected chi connectivity index (χ2v) is 5.77. The summed E-state index contributed by atoms with van der Waals surface area (Å²) in [5.74, 6) is -0.844. The van der Waals surface area contributed by atoms with E-state index in [0.717, 1.165) is 11.1 Å². The maximum atomic E-state index is 13.1. The van der Waals surface area contributed by atoms with Crippen molar-refractivity contribution in [2.24, 2.45) is 0 Å². The third kappa shape index (κ3) is 5.71. The van der Waals surface area contributed by atoms with Crippen LogP contribution in [0.2, 0.25) is 0 Å². The van der Waals surface area contributed by atoms with Crippen molar-refractivity contribution in [3.63, 3.8) is 0 Å². The number of benzene rings is 2. The van der Waals surface area contributed by atoms with Gasteiger partial charge >= 0.3 is 5.97 Å². The third-order valence-corrected chi connectivity index (χ3v) is 3.76. The van der Waals surface area contributed by atoms with E-state index in [0.29, 0.717) is 18.7 Å². The highest BCUT2D eigenvalue weighted by atomic mass is 19.1. The quantitative estimate of drug-likeness (QED) is 0.720. The van der Waals surface area contributed by atoms with Gasteiger partial charge in [0.05, 0.1) is 13.0 Å². The molecular weight excluding hydrogens is 321 g/mol. The maximum Gasteiger partial charge on any atom is 0.307 e. The van der Waals surface area contributed by atoms with Crippen LogP contribution in [0.3, 0.4) is 0 Å². The number of aryl methyl sites for hydroxylation is 1. The normalized spacial score (nSPS) is 10.4. The topological polar surface area (TPSA) is 46.6 Å². The minimum absolute atomic E-state index is 0.118. The fraction of sp³-hybridized carbons (Fsp3) is 0.300. The highest BCUT2D eigenvalue weighted by molar-refractivity contribution is 5.94. The van der Waals surface area contributed by atoms with Crippen molar-refractivity contribution in [2.75, 3.05) is 13.2 Å². The van der Waals surface area contributed by atoms with Crippen LogP contribution in [0.5, 0.6) is 0 Å². The van der Waals surface area contributed by atoms with Gasteiger partial charge in [-0.25, -0.2) is 4.39 Å². The number of carbonyl (C=O) groups excluding carboxylic acids is 2. The van der Waals surface area contributed by atoms with E-state index in [2.05, 4.69) is 0 Å². The lowest BCUT2D eigenvalue weighted by Gasteiger charge is -2.23. The van der Waals surface area contributed by atoms with E-state index in [-0.39, 0.29) is 30.7 Å². The Balaban J connectivity index is 2.14. The molecule has 4 nitrogen and oxygen atoms in total. The van der Waals surface area contributed by atoms with Gasteiger partial charge in [-0.3, -0.25) is 9.59 Å². The Bertz CT molecular complexity index is 711. The zero-order valence-corrected chi connectivity index (χ0v) is 14.5. The molecule has 0 heterocycles. The van der Waals surface area contributed by atoms with E-state index in [1.807, 2.05) is 19.1 Å². The highest BCUT2D eigenvalue weighted by Crippen LogP contribution is 2.13. The molecule has 0 bridgehead atoms. The zero-order chi connectivity index (χ0) is 18.2. The minimum atomic E-state index is -0.344. The van der Waals surface area contributed by atoms with E-state index in [1.165, 1.54) is 12.1 Å². The SMILES string of the molecule is CCOC(=O)CCN(Cc1ccc(F)cc1)C(=O)c1ccc(C)cc1. The van der Waals surface area contributed by atoms with Crippen molar-refractivity contribution in [3.8, 4) is 0 Å². The number of nitrogens with zero attached hydrogens (tertiary/aromatic N) is 1. The molecule has 0 saturated heterocycles. The van der Waals surface area contributed by atoms with E-state index < -0.39 is 0 Å². The van der Waals surface area contributed by atoms with Crippen molar-refractivity contribution in [1.82, 2.24) is 4.90 Å². The summed E-state index contributed by atoms with van der Waals surface area (Å²) in [5.41, 5.74) is 2.41. The molecule has 1 amide bonds. The first-order chi connectivity index (χ1) is 12.0. The molecule has 0 spiro atoms. The highest BCUT2D eigenvalue weighted by Gasteiger charge is 2.18. The van der Waals surface area contributed by atoms with Crippen molar-refractivity contribution < 1.29 is 18.7 Å². The van der Waals surface area contributed by atoms with Crippen LogP contribution in [0.15, 0.2) is 48.5 Å². The second-order valence-electron chi connectivity index (χ2n) is 5.77. The lowest BCUT2D eigenvalue weighted by atomic mass is 10.1. The molecule has 0 aromatic heterocycles. The summed E-state index contributed by atoms with van der Waals surface area (Å²) in [6.07, 6.45) is 0.118. The molecule has 0 radical (unpaired) electrons. The number of carbonyl (C=O) groups is 2. The molecule has 25 heavy (non-hydrogen) atoms. The number of amides is 1. The van der Waals surface area contributed by atoms with Gasteiger partial charge in [0.2, 0.25) is 0 Å². The molecule has 0 atom stereocenters. The molecule has 132 valence electrons. The molecule has 2 aromatic rings. The number of esters is 1. The first kappa shape index (κ1) is 18.6. The van der Waals surface area contributed by atoms with Gasteiger partial charge in [-0.05, 0) is 43.7 Å². The molecule has 5 heteroatoms. The third-order valence-electron chi connectivity index (χ3n) is 3.76. The van der Waals surface area contributed by atoms with Crippen LogP contribution in [0.1, 0.15) is 34.8 Å². The summed E-state index contributed by atoms with van der Waals surface area (Å²) < 4.78 is 18.0. The number of hydrogen-bond donors (Lipinski definition) is 0. The molecule has 2 aromatic carbocycles. The van der Waals surface area contributed by atoms with Gasteiger partial charge < -0.3 is 9.64 Å². The van der Waals surface area contributed by atoms with Gasteiger partial charge in [-0.1, -0.05) is 29.8 Å². The van der Waals surface area contributed by atoms with Crippen LogP contribution in [-0.4, -0.2) is 29.9 Å². The van der Waals surface area contributed by atoms with Gasteiger partial charge in [-0.2, -0.15) is 0 Å². The molecule has 0 unspecified atom stereocenters. The van der Waals surface area contributed by atoms with Crippen LogP contribution < -0.4 is 0 Å². The smallest absolute Gasteiger partial charge is 0.307 e. The summed E-state index contributed by atoms with van der Waals surface area (Å²) in [6.45, 7) is 4.54. The van der Waals surface area contributed by atoms with Crippen LogP contribution in [-0.2, 0) is 16.1 Å². The fourth-order valence-electron chi connectivity index (χ4n) is 2.40. The van der Waals surface area contributed by atoms with Gasteiger partial charge in [0.25, 0.3) is 5.91 Å². The Morgan fingerprint density at radius 2 is 1.68 bits per heavy atom. The standard InChI is InChI=1S/C20H22FNO3/c1-3-25-19(23)12-13-22(14-16-6-10-18(21)11-7-16)20(24)17-8-4-15(2)5-9-17/h4-11H,3,12-14H2,1-2H3. The largest absolute Gasteiger partial charge is 0.466 e. The van der Waals surface area contributed by atoms with Gasteiger partial charge in [0.15, 0.2) is 0 Å². The Hall–Kier alpha value is -2.69. The summed E-state index contributed by atoms with van der Waals surface area (Å²) in [5, 5.41) is 0. The minimum Gasteiger partial charge on any atom is -0.466 e. The van der Waals surface area contributed by atoms with Crippen LogP contribution in [0.4, 0.5) is 4.39 Å². The predicted molar refractivity (Wildman–Crippen MR) is 93.6 cm³/mol. The number of rotatable bonds is 7. The summed E-state index contributed by atoms with van der Waals surface area (Å²) in [6, 6.07) is 13.2. The Morgan fingerprint density at radius 1 is 1.04 bits per heavy atom. The van der Waals surface area contributed by atoms with Crippen LogP contribution in [0.25, 0.3) is 0 Å². The summed E-state index contributed by atoms with van der Waals surface area (Å²) in [4.78, 5) is 26.0. The van der Waals surface area contributed by atoms with Crippen molar-refractivity contribution in [3.05, 3.63) is 71.0 Å². The Kier molecular flexibility index (Phi) is 6.69. The molecule has 0 fully saturated rings. The monoisotopic (exact) mass is 343 g/mol. The van der Waals surface area contributed by atoms with Gasteiger partial charge in [-0.15, -0.1) is 0 Å². The molecule has 0 aliphatic carbocycles. The van der Waals surface area contributed by atoms with E-state index in [9.17, 15) is 14.0 Å². The predicted octanol–water partition coefficient (Wildman–Crippen LogP) is 3.73. The first-order valence-corrected chi connectivity index (χ1v) is 8.25. The fourth-order valence-corrected chi connectivity index (χ4v) is 2.40. The molecule has 0 aliphatic heterocycles. The average Bonchev–Trinajstić information content (AvgIpc) is 2.60. The first-order valence-electron chi connectivity index (χ1n) is 8.25.